The highest BCUT2D eigenvalue weighted by molar-refractivity contribution is 9.10. The zero-order valence-electron chi connectivity index (χ0n) is 12.4. The minimum absolute atomic E-state index is 0.0797. The lowest BCUT2D eigenvalue weighted by atomic mass is 9.86. The fourth-order valence-corrected chi connectivity index (χ4v) is 3.34. The van der Waals surface area contributed by atoms with Crippen LogP contribution in [0.15, 0.2) is 46.0 Å². The third kappa shape index (κ3) is 3.32. The summed E-state index contributed by atoms with van der Waals surface area (Å²) in [4.78, 5) is 4.93. The van der Waals surface area contributed by atoms with Crippen molar-refractivity contribution < 1.29 is 18.0 Å². The lowest BCUT2D eigenvalue weighted by molar-refractivity contribution is -0.275. The summed E-state index contributed by atoms with van der Waals surface area (Å²) >= 11 is 15.0. The van der Waals surface area contributed by atoms with E-state index in [-0.39, 0.29) is 21.3 Å². The summed E-state index contributed by atoms with van der Waals surface area (Å²) in [5.41, 5.74) is 3.89. The SMILES string of the molecule is Nc1cc(C2=NOC(c3cc(Cl)cc(Cl)c3)(C(F)(F)F)C2)ccc1Br. The van der Waals surface area contributed by atoms with Crippen LogP contribution >= 0.6 is 39.1 Å². The maximum absolute atomic E-state index is 13.9. The van der Waals surface area contributed by atoms with E-state index in [1.165, 1.54) is 24.3 Å². The molecule has 3 rings (SSSR count). The average Bonchev–Trinajstić information content (AvgIpc) is 2.95. The van der Waals surface area contributed by atoms with Crippen LogP contribution in [0.1, 0.15) is 17.5 Å². The third-order valence-electron chi connectivity index (χ3n) is 3.84. The van der Waals surface area contributed by atoms with Crippen LogP contribution < -0.4 is 5.73 Å². The van der Waals surface area contributed by atoms with Gasteiger partial charge in [-0.2, -0.15) is 13.2 Å². The second kappa shape index (κ2) is 6.37. The molecule has 0 amide bonds. The van der Waals surface area contributed by atoms with Crippen LogP contribution in [0, 0.1) is 0 Å². The van der Waals surface area contributed by atoms with Crippen LogP contribution in [-0.4, -0.2) is 11.9 Å². The first-order valence-corrected chi connectivity index (χ1v) is 8.51. The number of hydrogen-bond acceptors (Lipinski definition) is 3. The molecule has 1 heterocycles. The topological polar surface area (TPSA) is 47.6 Å². The van der Waals surface area contributed by atoms with Crippen molar-refractivity contribution in [3.63, 3.8) is 0 Å². The predicted molar refractivity (Wildman–Crippen MR) is 95.0 cm³/mol. The fraction of sp³-hybridized carbons (Fsp3) is 0.188. The molecule has 0 aliphatic carbocycles. The molecule has 0 saturated carbocycles. The zero-order chi connectivity index (χ0) is 18.4. The molecular weight excluding hydrogens is 444 g/mol. The number of halogens is 6. The van der Waals surface area contributed by atoms with Gasteiger partial charge in [-0.15, -0.1) is 0 Å². The summed E-state index contributed by atoms with van der Waals surface area (Å²) in [5.74, 6) is 0. The van der Waals surface area contributed by atoms with Crippen molar-refractivity contribution in [2.75, 3.05) is 5.73 Å². The van der Waals surface area contributed by atoms with Crippen LogP contribution in [0.5, 0.6) is 0 Å². The normalized spacial score (nSPS) is 20.3. The first-order valence-electron chi connectivity index (χ1n) is 6.96. The van der Waals surface area contributed by atoms with E-state index in [9.17, 15) is 13.2 Å². The van der Waals surface area contributed by atoms with Gasteiger partial charge in [0.15, 0.2) is 0 Å². The van der Waals surface area contributed by atoms with Gasteiger partial charge in [-0.3, -0.25) is 0 Å². The summed E-state index contributed by atoms with van der Waals surface area (Å²) in [6, 6.07) is 8.48. The van der Waals surface area contributed by atoms with E-state index in [1.54, 1.807) is 12.1 Å². The lowest BCUT2D eigenvalue weighted by Gasteiger charge is -2.29. The number of hydrogen-bond donors (Lipinski definition) is 1. The number of nitrogen functional groups attached to an aromatic ring is 1. The number of nitrogens with zero attached hydrogens (tertiary/aromatic N) is 1. The summed E-state index contributed by atoms with van der Waals surface area (Å²) in [6.07, 6.45) is -5.25. The average molecular weight is 454 g/mol. The Labute approximate surface area is 159 Å². The van der Waals surface area contributed by atoms with Gasteiger partial charge in [-0.05, 0) is 46.3 Å². The van der Waals surface area contributed by atoms with Crippen LogP contribution in [0.4, 0.5) is 18.9 Å². The molecular formula is C16H10BrCl2F3N2O. The Hall–Kier alpha value is -1.44. The van der Waals surface area contributed by atoms with Crippen molar-refractivity contribution in [2.45, 2.75) is 18.2 Å². The van der Waals surface area contributed by atoms with Gasteiger partial charge in [0.05, 0.1) is 5.71 Å². The number of rotatable bonds is 2. The van der Waals surface area contributed by atoms with Crippen molar-refractivity contribution in [2.24, 2.45) is 5.16 Å². The maximum Gasteiger partial charge on any atom is 0.435 e. The molecule has 2 N–H and O–H groups in total. The second-order valence-corrected chi connectivity index (χ2v) is 7.25. The number of oxime groups is 1. The molecule has 0 aromatic heterocycles. The molecule has 3 nitrogen and oxygen atoms in total. The van der Waals surface area contributed by atoms with Crippen molar-refractivity contribution in [3.05, 3.63) is 62.0 Å². The summed E-state index contributed by atoms with van der Waals surface area (Å²) < 4.78 is 42.3. The van der Waals surface area contributed by atoms with E-state index in [2.05, 4.69) is 21.1 Å². The molecule has 0 saturated heterocycles. The predicted octanol–water partition coefficient (Wildman–Crippen LogP) is 5.92. The molecule has 0 spiro atoms. The van der Waals surface area contributed by atoms with Gasteiger partial charge in [0.25, 0.3) is 5.60 Å². The van der Waals surface area contributed by atoms with Gasteiger partial charge in [0, 0.05) is 37.8 Å². The number of benzene rings is 2. The molecule has 1 aliphatic heterocycles. The molecule has 2 aromatic carbocycles. The van der Waals surface area contributed by atoms with Crippen LogP contribution in [0.3, 0.4) is 0 Å². The quantitative estimate of drug-likeness (QED) is 0.573. The van der Waals surface area contributed by atoms with E-state index in [0.717, 1.165) is 0 Å². The van der Waals surface area contributed by atoms with Crippen LogP contribution in [-0.2, 0) is 10.4 Å². The van der Waals surface area contributed by atoms with Crippen LogP contribution in [0.2, 0.25) is 10.0 Å². The van der Waals surface area contributed by atoms with Gasteiger partial charge in [0.2, 0.25) is 0 Å². The second-order valence-electron chi connectivity index (χ2n) is 5.53. The Kier molecular flexibility index (Phi) is 4.68. The first kappa shape index (κ1) is 18.4. The Morgan fingerprint density at radius 1 is 1.12 bits per heavy atom. The fourth-order valence-electron chi connectivity index (χ4n) is 2.57. The summed E-state index contributed by atoms with van der Waals surface area (Å²) in [7, 11) is 0. The molecule has 0 bridgehead atoms. The molecule has 9 heteroatoms. The van der Waals surface area contributed by atoms with E-state index in [0.29, 0.717) is 15.7 Å². The Morgan fingerprint density at radius 2 is 1.76 bits per heavy atom. The lowest BCUT2D eigenvalue weighted by Crippen LogP contribution is -2.42. The first-order chi connectivity index (χ1) is 11.6. The summed E-state index contributed by atoms with van der Waals surface area (Å²) in [6.45, 7) is 0. The van der Waals surface area contributed by atoms with E-state index in [4.69, 9.17) is 33.8 Å². The minimum Gasteiger partial charge on any atom is -0.398 e. The Balaban J connectivity index is 2.04. The molecule has 0 radical (unpaired) electrons. The highest BCUT2D eigenvalue weighted by Gasteiger charge is 2.62. The highest BCUT2D eigenvalue weighted by Crippen LogP contribution is 2.49. The van der Waals surface area contributed by atoms with Crippen molar-refractivity contribution in [1.82, 2.24) is 0 Å². The maximum atomic E-state index is 13.9. The van der Waals surface area contributed by atoms with Gasteiger partial charge < -0.3 is 10.6 Å². The monoisotopic (exact) mass is 452 g/mol. The van der Waals surface area contributed by atoms with Gasteiger partial charge in [-0.25, -0.2) is 0 Å². The summed E-state index contributed by atoms with van der Waals surface area (Å²) in [5, 5.41) is 3.83. The molecule has 132 valence electrons. The number of alkyl halides is 3. The number of nitrogens with two attached hydrogens (primary N) is 1. The minimum atomic E-state index is -4.73. The molecule has 2 aromatic rings. The number of anilines is 1. The van der Waals surface area contributed by atoms with Crippen molar-refractivity contribution >= 4 is 50.5 Å². The van der Waals surface area contributed by atoms with E-state index in [1.807, 2.05) is 0 Å². The van der Waals surface area contributed by atoms with Gasteiger partial charge >= 0.3 is 6.18 Å². The highest BCUT2D eigenvalue weighted by atomic mass is 79.9. The third-order valence-corrected chi connectivity index (χ3v) is 5.00. The van der Waals surface area contributed by atoms with Gasteiger partial charge in [0.1, 0.15) is 0 Å². The van der Waals surface area contributed by atoms with E-state index >= 15 is 0 Å². The molecule has 1 unspecified atom stereocenters. The van der Waals surface area contributed by atoms with Gasteiger partial charge in [-0.1, -0.05) is 34.4 Å². The Bertz CT molecular complexity index is 853. The largest absolute Gasteiger partial charge is 0.435 e. The molecule has 1 atom stereocenters. The van der Waals surface area contributed by atoms with E-state index < -0.39 is 18.2 Å². The standard InChI is InChI=1S/C16H10BrCl2F3N2O/c17-12-2-1-8(3-13(12)23)14-7-15(25-24-14,16(20,21)22)9-4-10(18)6-11(19)5-9/h1-6H,7,23H2. The van der Waals surface area contributed by atoms with Crippen molar-refractivity contribution in [1.29, 1.82) is 0 Å². The zero-order valence-corrected chi connectivity index (χ0v) is 15.5. The van der Waals surface area contributed by atoms with Crippen molar-refractivity contribution in [3.8, 4) is 0 Å². The molecule has 1 aliphatic rings. The smallest absolute Gasteiger partial charge is 0.398 e. The molecule has 0 fully saturated rings. The Morgan fingerprint density at radius 3 is 2.32 bits per heavy atom. The van der Waals surface area contributed by atoms with Crippen LogP contribution in [0.25, 0.3) is 0 Å². The molecule has 25 heavy (non-hydrogen) atoms.